The van der Waals surface area contributed by atoms with E-state index in [9.17, 15) is 14.0 Å². The topological polar surface area (TPSA) is 100 Å². The van der Waals surface area contributed by atoms with Gasteiger partial charge in [0.15, 0.2) is 5.82 Å². The fourth-order valence-electron chi connectivity index (χ4n) is 3.70. The third-order valence-electron chi connectivity index (χ3n) is 5.34. The lowest BCUT2D eigenvalue weighted by atomic mass is 10.1. The minimum absolute atomic E-state index is 0.193. The summed E-state index contributed by atoms with van der Waals surface area (Å²) >= 11 is 0. The summed E-state index contributed by atoms with van der Waals surface area (Å²) in [7, 11) is 0. The fraction of sp³-hybridized carbons (Fsp3) is 0.304. The van der Waals surface area contributed by atoms with Gasteiger partial charge in [-0.3, -0.25) is 5.10 Å². The second kappa shape index (κ2) is 9.59. The number of esters is 1. The molecular formula is C23H24FN5O3. The van der Waals surface area contributed by atoms with Gasteiger partial charge in [0.25, 0.3) is 0 Å². The number of hydrogen-bond acceptors (Lipinski definition) is 5. The highest BCUT2D eigenvalue weighted by molar-refractivity contribution is 5.89. The van der Waals surface area contributed by atoms with Gasteiger partial charge >= 0.3 is 12.0 Å². The van der Waals surface area contributed by atoms with Gasteiger partial charge in [-0.1, -0.05) is 12.1 Å². The fourth-order valence-corrected chi connectivity index (χ4v) is 3.70. The van der Waals surface area contributed by atoms with Crippen molar-refractivity contribution >= 4 is 12.0 Å². The molecule has 3 aromatic rings. The summed E-state index contributed by atoms with van der Waals surface area (Å²) in [6, 6.07) is 12.5. The summed E-state index contributed by atoms with van der Waals surface area (Å²) in [4.78, 5) is 30.8. The van der Waals surface area contributed by atoms with Crippen LogP contribution in [0.2, 0.25) is 0 Å². The number of aromatic nitrogens is 3. The normalized spacial score (nSPS) is 15.6. The molecule has 1 saturated heterocycles. The van der Waals surface area contributed by atoms with Gasteiger partial charge in [0.1, 0.15) is 11.6 Å². The number of nitrogens with one attached hydrogen (secondary N) is 2. The molecule has 2 aromatic carbocycles. The van der Waals surface area contributed by atoms with E-state index in [1.165, 1.54) is 12.1 Å². The number of amides is 2. The van der Waals surface area contributed by atoms with E-state index >= 15 is 0 Å². The predicted molar refractivity (Wildman–Crippen MR) is 115 cm³/mol. The molecule has 1 aliphatic heterocycles. The van der Waals surface area contributed by atoms with Crippen LogP contribution in [0, 0.1) is 5.82 Å². The molecule has 32 heavy (non-hydrogen) atoms. The van der Waals surface area contributed by atoms with Crippen molar-refractivity contribution in [3.63, 3.8) is 0 Å². The largest absolute Gasteiger partial charge is 0.462 e. The molecule has 0 saturated carbocycles. The molecule has 0 spiro atoms. The Morgan fingerprint density at radius 1 is 1.19 bits per heavy atom. The average molecular weight is 437 g/mol. The molecule has 2 N–H and O–H groups in total. The number of ether oxygens (including phenoxy) is 1. The number of aromatic amines is 1. The van der Waals surface area contributed by atoms with E-state index in [4.69, 9.17) is 4.74 Å². The molecule has 1 aromatic heterocycles. The first kappa shape index (κ1) is 21.5. The summed E-state index contributed by atoms with van der Waals surface area (Å²) < 4.78 is 18.1. The van der Waals surface area contributed by atoms with Gasteiger partial charge < -0.3 is 15.0 Å². The van der Waals surface area contributed by atoms with Gasteiger partial charge in [-0.2, -0.15) is 5.10 Å². The number of H-pyrrole nitrogens is 1. The molecular weight excluding hydrogens is 413 g/mol. The standard InChI is InChI=1S/C23H24FN5O3/c1-2-32-22(30)17-7-5-15(6-8-17)14-25-23(31)29-13-3-4-19(29)21-26-20(27-28-21)16-9-11-18(24)12-10-16/h5-12,19H,2-4,13-14H2,1H3,(H,25,31)(H,26,27,28)/t19-/m0/s1. The van der Waals surface area contributed by atoms with Crippen LogP contribution in [-0.2, 0) is 11.3 Å². The minimum Gasteiger partial charge on any atom is -0.462 e. The zero-order valence-corrected chi connectivity index (χ0v) is 17.7. The first-order chi connectivity index (χ1) is 15.5. The van der Waals surface area contributed by atoms with Crippen LogP contribution >= 0.6 is 0 Å². The summed E-state index contributed by atoms with van der Waals surface area (Å²) in [5, 5.41) is 10.1. The predicted octanol–water partition coefficient (Wildman–Crippen LogP) is 3.83. The molecule has 1 aliphatic rings. The second-order valence-electron chi connectivity index (χ2n) is 7.48. The summed E-state index contributed by atoms with van der Waals surface area (Å²) in [6.45, 7) is 3.04. The number of carbonyl (C=O) groups excluding carboxylic acids is 2. The Labute approximate surface area is 184 Å². The van der Waals surface area contributed by atoms with E-state index in [2.05, 4.69) is 20.5 Å². The number of carbonyl (C=O) groups is 2. The minimum atomic E-state index is -0.366. The van der Waals surface area contributed by atoms with E-state index < -0.39 is 0 Å². The van der Waals surface area contributed by atoms with Crippen molar-refractivity contribution in [2.45, 2.75) is 32.4 Å². The number of likely N-dealkylation sites (tertiary alicyclic amines) is 1. The van der Waals surface area contributed by atoms with Gasteiger partial charge in [-0.05, 0) is 61.7 Å². The highest BCUT2D eigenvalue weighted by atomic mass is 19.1. The van der Waals surface area contributed by atoms with Crippen molar-refractivity contribution in [2.75, 3.05) is 13.2 Å². The molecule has 9 heteroatoms. The van der Waals surface area contributed by atoms with Crippen molar-refractivity contribution in [2.24, 2.45) is 0 Å². The van der Waals surface area contributed by atoms with Crippen LogP contribution in [0.4, 0.5) is 9.18 Å². The van der Waals surface area contributed by atoms with Crippen LogP contribution in [0.3, 0.4) is 0 Å². The molecule has 0 unspecified atom stereocenters. The first-order valence-corrected chi connectivity index (χ1v) is 10.5. The van der Waals surface area contributed by atoms with Crippen LogP contribution in [0.5, 0.6) is 0 Å². The number of halogens is 1. The lowest BCUT2D eigenvalue weighted by Gasteiger charge is -2.23. The molecule has 1 fully saturated rings. The Hall–Kier alpha value is -3.75. The Morgan fingerprint density at radius 3 is 2.66 bits per heavy atom. The lowest BCUT2D eigenvalue weighted by Crippen LogP contribution is -2.39. The van der Waals surface area contributed by atoms with Crippen molar-refractivity contribution < 1.29 is 18.7 Å². The number of rotatable bonds is 6. The summed E-state index contributed by atoms with van der Waals surface area (Å²) in [6.07, 6.45) is 1.64. The van der Waals surface area contributed by atoms with Crippen LogP contribution in [0.25, 0.3) is 11.4 Å². The maximum atomic E-state index is 13.2. The molecule has 2 amide bonds. The van der Waals surface area contributed by atoms with Gasteiger partial charge in [-0.15, -0.1) is 0 Å². The third-order valence-corrected chi connectivity index (χ3v) is 5.34. The Morgan fingerprint density at radius 2 is 1.94 bits per heavy atom. The van der Waals surface area contributed by atoms with Gasteiger partial charge in [0.2, 0.25) is 0 Å². The zero-order chi connectivity index (χ0) is 22.5. The van der Waals surface area contributed by atoms with Crippen molar-refractivity contribution in [3.8, 4) is 11.4 Å². The summed E-state index contributed by atoms with van der Waals surface area (Å²) in [5.41, 5.74) is 2.05. The number of nitrogens with zero attached hydrogens (tertiary/aromatic N) is 3. The third kappa shape index (κ3) is 4.77. The Bertz CT molecular complexity index is 1080. The maximum absolute atomic E-state index is 13.2. The molecule has 166 valence electrons. The number of hydrogen-bond donors (Lipinski definition) is 2. The van der Waals surface area contributed by atoms with Gasteiger partial charge in [-0.25, -0.2) is 19.0 Å². The number of benzene rings is 2. The SMILES string of the molecule is CCOC(=O)c1ccc(CNC(=O)N2CCC[C@H]2c2nc(-c3ccc(F)cc3)n[nH]2)cc1. The van der Waals surface area contributed by atoms with Gasteiger partial charge in [0, 0.05) is 18.7 Å². The lowest BCUT2D eigenvalue weighted by molar-refractivity contribution is 0.0526. The molecule has 0 bridgehead atoms. The van der Waals surface area contributed by atoms with Crippen molar-refractivity contribution in [1.29, 1.82) is 0 Å². The van der Waals surface area contributed by atoms with Crippen LogP contribution < -0.4 is 5.32 Å². The molecule has 0 aliphatic carbocycles. The number of urea groups is 1. The highest BCUT2D eigenvalue weighted by Gasteiger charge is 2.32. The monoisotopic (exact) mass is 437 g/mol. The Kier molecular flexibility index (Phi) is 6.44. The molecule has 1 atom stereocenters. The van der Waals surface area contributed by atoms with Crippen LogP contribution in [0.15, 0.2) is 48.5 Å². The highest BCUT2D eigenvalue weighted by Crippen LogP contribution is 2.30. The zero-order valence-electron chi connectivity index (χ0n) is 17.7. The van der Waals surface area contributed by atoms with Crippen molar-refractivity contribution in [3.05, 3.63) is 71.3 Å². The van der Waals surface area contributed by atoms with Gasteiger partial charge in [0.05, 0.1) is 18.2 Å². The second-order valence-corrected chi connectivity index (χ2v) is 7.48. The quantitative estimate of drug-likeness (QED) is 0.571. The van der Waals surface area contributed by atoms with Crippen LogP contribution in [0.1, 0.15) is 47.6 Å². The Balaban J connectivity index is 1.38. The van der Waals surface area contributed by atoms with E-state index in [-0.39, 0.29) is 23.9 Å². The van der Waals surface area contributed by atoms with E-state index in [0.29, 0.717) is 42.5 Å². The molecule has 8 nitrogen and oxygen atoms in total. The molecule has 4 rings (SSSR count). The molecule has 2 heterocycles. The molecule has 0 radical (unpaired) electrons. The summed E-state index contributed by atoms with van der Waals surface area (Å²) in [5.74, 6) is 0.387. The maximum Gasteiger partial charge on any atom is 0.338 e. The van der Waals surface area contributed by atoms with Crippen LogP contribution in [-0.4, -0.2) is 45.2 Å². The van der Waals surface area contributed by atoms with Crippen molar-refractivity contribution in [1.82, 2.24) is 25.4 Å². The van der Waals surface area contributed by atoms with E-state index in [1.807, 2.05) is 0 Å². The van der Waals surface area contributed by atoms with E-state index in [1.54, 1.807) is 48.2 Å². The smallest absolute Gasteiger partial charge is 0.338 e. The average Bonchev–Trinajstić information content (AvgIpc) is 3.48. The first-order valence-electron chi connectivity index (χ1n) is 10.5. The van der Waals surface area contributed by atoms with E-state index in [0.717, 1.165) is 18.4 Å².